The van der Waals surface area contributed by atoms with Crippen LogP contribution in [-0.2, 0) is 11.3 Å². The number of hydrogen-bond acceptors (Lipinski definition) is 3. The molecule has 1 amide bonds. The van der Waals surface area contributed by atoms with E-state index in [9.17, 15) is 14.0 Å². The van der Waals surface area contributed by atoms with Crippen LogP contribution >= 0.6 is 11.6 Å². The Balaban J connectivity index is 1.69. The van der Waals surface area contributed by atoms with Crippen molar-refractivity contribution in [3.05, 3.63) is 69.5 Å². The molecule has 8 heteroatoms. The lowest BCUT2D eigenvalue weighted by molar-refractivity contribution is -0.904. The van der Waals surface area contributed by atoms with E-state index in [2.05, 4.69) is 15.3 Å². The van der Waals surface area contributed by atoms with E-state index in [1.807, 2.05) is 13.0 Å². The zero-order chi connectivity index (χ0) is 19.4. The number of para-hydroxylation sites is 1. The highest BCUT2D eigenvalue weighted by Crippen LogP contribution is 2.19. The van der Waals surface area contributed by atoms with E-state index in [1.54, 1.807) is 18.2 Å². The van der Waals surface area contributed by atoms with Gasteiger partial charge in [0.25, 0.3) is 11.5 Å². The van der Waals surface area contributed by atoms with Gasteiger partial charge in [0.1, 0.15) is 12.4 Å². The average molecular weight is 390 g/mol. The van der Waals surface area contributed by atoms with Crippen LogP contribution in [-0.4, -0.2) is 29.0 Å². The zero-order valence-electron chi connectivity index (χ0n) is 14.7. The molecular formula is C19H19ClFN4O2+. The Hall–Kier alpha value is -2.77. The molecule has 27 heavy (non-hydrogen) atoms. The number of fused-ring (bicyclic) bond motifs is 1. The number of rotatable bonds is 6. The summed E-state index contributed by atoms with van der Waals surface area (Å²) in [7, 11) is 0. The zero-order valence-corrected chi connectivity index (χ0v) is 15.4. The van der Waals surface area contributed by atoms with Crippen LogP contribution < -0.4 is 15.8 Å². The predicted octanol–water partition coefficient (Wildman–Crippen LogP) is 1.76. The lowest BCUT2D eigenvalue weighted by Crippen LogP contribution is -3.11. The van der Waals surface area contributed by atoms with Gasteiger partial charge in [0.15, 0.2) is 12.4 Å². The predicted molar refractivity (Wildman–Crippen MR) is 102 cm³/mol. The van der Waals surface area contributed by atoms with Crippen molar-refractivity contribution in [2.24, 2.45) is 0 Å². The number of H-pyrrole nitrogens is 1. The van der Waals surface area contributed by atoms with Gasteiger partial charge < -0.3 is 15.2 Å². The molecule has 2 aromatic carbocycles. The van der Waals surface area contributed by atoms with E-state index in [0.29, 0.717) is 35.5 Å². The molecule has 1 aromatic heterocycles. The van der Waals surface area contributed by atoms with Crippen LogP contribution in [0.4, 0.5) is 10.1 Å². The highest BCUT2D eigenvalue weighted by atomic mass is 35.5. The quantitative estimate of drug-likeness (QED) is 0.601. The molecule has 3 aromatic rings. The highest BCUT2D eigenvalue weighted by Gasteiger charge is 2.16. The maximum absolute atomic E-state index is 13.2. The largest absolute Gasteiger partial charge is 0.321 e. The van der Waals surface area contributed by atoms with E-state index >= 15 is 0 Å². The van der Waals surface area contributed by atoms with Gasteiger partial charge in [-0.05, 0) is 37.3 Å². The number of amides is 1. The van der Waals surface area contributed by atoms with Crippen LogP contribution in [0.15, 0.2) is 47.3 Å². The third-order valence-electron chi connectivity index (χ3n) is 4.19. The van der Waals surface area contributed by atoms with E-state index in [1.165, 1.54) is 18.2 Å². The molecule has 0 spiro atoms. The molecule has 1 unspecified atom stereocenters. The van der Waals surface area contributed by atoms with Crippen LogP contribution in [0, 0.1) is 5.82 Å². The van der Waals surface area contributed by atoms with Crippen molar-refractivity contribution in [1.29, 1.82) is 0 Å². The third-order valence-corrected chi connectivity index (χ3v) is 4.48. The number of aromatic amines is 1. The van der Waals surface area contributed by atoms with Crippen molar-refractivity contribution >= 4 is 34.1 Å². The Morgan fingerprint density at radius 2 is 2.07 bits per heavy atom. The molecule has 6 nitrogen and oxygen atoms in total. The minimum Gasteiger partial charge on any atom is -0.321 e. The van der Waals surface area contributed by atoms with Gasteiger partial charge in [-0.2, -0.15) is 0 Å². The number of nitrogens with one attached hydrogen (secondary N) is 3. The number of benzene rings is 2. The van der Waals surface area contributed by atoms with Gasteiger partial charge in [-0.1, -0.05) is 23.7 Å². The molecule has 0 bridgehead atoms. The van der Waals surface area contributed by atoms with Gasteiger partial charge in [-0.3, -0.25) is 9.59 Å². The van der Waals surface area contributed by atoms with Crippen molar-refractivity contribution in [3.8, 4) is 0 Å². The second kappa shape index (κ2) is 8.28. The molecule has 0 saturated carbocycles. The first-order valence-corrected chi connectivity index (χ1v) is 8.90. The number of carbonyl (C=O) groups excluding carboxylic acids is 1. The van der Waals surface area contributed by atoms with Crippen molar-refractivity contribution in [2.45, 2.75) is 13.5 Å². The number of quaternary nitrogens is 1. The molecule has 140 valence electrons. The standard InChI is InChI=1S/C19H18ClFN4O2/c1-2-25(11-18(26)22-12-7-8-15(21)14(20)9-12)10-17-23-16-6-4-3-5-13(16)19(27)24-17/h3-9H,2,10-11H2,1H3,(H,22,26)(H,23,24,27)/p+1. The molecular weight excluding hydrogens is 371 g/mol. The number of halogens is 2. The average Bonchev–Trinajstić information content (AvgIpc) is 2.64. The number of likely N-dealkylation sites (N-methyl/N-ethyl adjacent to an activating group) is 1. The minimum atomic E-state index is -0.540. The van der Waals surface area contributed by atoms with Gasteiger partial charge >= 0.3 is 0 Å². The molecule has 0 fully saturated rings. The summed E-state index contributed by atoms with van der Waals surface area (Å²) in [6.45, 7) is 3.17. The monoisotopic (exact) mass is 389 g/mol. The maximum Gasteiger partial charge on any atom is 0.279 e. The Morgan fingerprint density at radius 3 is 2.81 bits per heavy atom. The molecule has 3 rings (SSSR count). The van der Waals surface area contributed by atoms with Crippen LogP contribution in [0.3, 0.4) is 0 Å². The summed E-state index contributed by atoms with van der Waals surface area (Å²) in [5.41, 5.74) is 0.854. The van der Waals surface area contributed by atoms with Crippen LogP contribution in [0.5, 0.6) is 0 Å². The highest BCUT2D eigenvalue weighted by molar-refractivity contribution is 6.31. The Labute approximate surface area is 160 Å². The second-order valence-electron chi connectivity index (χ2n) is 6.16. The summed E-state index contributed by atoms with van der Waals surface area (Å²) in [4.78, 5) is 32.6. The molecule has 0 radical (unpaired) electrons. The molecule has 0 aliphatic carbocycles. The van der Waals surface area contributed by atoms with Crippen LogP contribution in [0.1, 0.15) is 12.7 Å². The SMILES string of the molecule is CC[NH+](CC(=O)Nc1ccc(F)c(Cl)c1)Cc1nc2ccccc2c(=O)[nH]1. The summed E-state index contributed by atoms with van der Waals surface area (Å²) < 4.78 is 13.2. The fourth-order valence-electron chi connectivity index (χ4n) is 2.77. The van der Waals surface area contributed by atoms with Gasteiger partial charge in [-0.15, -0.1) is 0 Å². The Bertz CT molecular complexity index is 1040. The van der Waals surface area contributed by atoms with Crippen LogP contribution in [0.25, 0.3) is 10.9 Å². The Kier molecular flexibility index (Phi) is 5.83. The maximum atomic E-state index is 13.2. The summed E-state index contributed by atoms with van der Waals surface area (Å²) >= 11 is 5.73. The molecule has 0 aliphatic rings. The first-order valence-electron chi connectivity index (χ1n) is 8.52. The topological polar surface area (TPSA) is 79.3 Å². The van der Waals surface area contributed by atoms with E-state index in [0.717, 1.165) is 4.90 Å². The molecule has 0 aliphatic heterocycles. The number of anilines is 1. The number of aromatic nitrogens is 2. The van der Waals surface area contributed by atoms with Gasteiger partial charge in [-0.25, -0.2) is 9.37 Å². The lowest BCUT2D eigenvalue weighted by atomic mass is 10.2. The fraction of sp³-hybridized carbons (Fsp3) is 0.211. The number of nitrogens with zero attached hydrogens (tertiary/aromatic N) is 1. The Morgan fingerprint density at radius 1 is 1.30 bits per heavy atom. The summed E-state index contributed by atoms with van der Waals surface area (Å²) in [6.07, 6.45) is 0. The smallest absolute Gasteiger partial charge is 0.279 e. The van der Waals surface area contributed by atoms with Crippen molar-refractivity contribution in [3.63, 3.8) is 0 Å². The second-order valence-corrected chi connectivity index (χ2v) is 6.57. The van der Waals surface area contributed by atoms with E-state index in [-0.39, 0.29) is 23.0 Å². The first kappa shape index (κ1) is 19.0. The fourth-order valence-corrected chi connectivity index (χ4v) is 2.95. The molecule has 1 atom stereocenters. The summed E-state index contributed by atoms with van der Waals surface area (Å²) in [5.74, 6) is -0.257. The van der Waals surface area contributed by atoms with Gasteiger partial charge in [0, 0.05) is 5.69 Å². The van der Waals surface area contributed by atoms with Gasteiger partial charge in [0.05, 0.1) is 22.5 Å². The lowest BCUT2D eigenvalue weighted by Gasteiger charge is -2.17. The molecule has 3 N–H and O–H groups in total. The van der Waals surface area contributed by atoms with Crippen molar-refractivity contribution in [1.82, 2.24) is 9.97 Å². The normalized spacial score (nSPS) is 12.1. The van der Waals surface area contributed by atoms with Crippen molar-refractivity contribution in [2.75, 3.05) is 18.4 Å². The summed E-state index contributed by atoms with van der Waals surface area (Å²) in [6, 6.07) is 11.1. The van der Waals surface area contributed by atoms with E-state index in [4.69, 9.17) is 11.6 Å². The first-order chi connectivity index (χ1) is 13.0. The number of carbonyl (C=O) groups is 1. The third kappa shape index (κ3) is 4.69. The van der Waals surface area contributed by atoms with E-state index < -0.39 is 5.82 Å². The minimum absolute atomic E-state index is 0.0505. The van der Waals surface area contributed by atoms with Crippen LogP contribution in [0.2, 0.25) is 5.02 Å². The van der Waals surface area contributed by atoms with Gasteiger partial charge in [0.2, 0.25) is 0 Å². The van der Waals surface area contributed by atoms with Crippen molar-refractivity contribution < 1.29 is 14.1 Å². The molecule has 0 saturated heterocycles. The summed E-state index contributed by atoms with van der Waals surface area (Å²) in [5, 5.41) is 3.18. The molecule has 1 heterocycles. The number of hydrogen-bond donors (Lipinski definition) is 3.